The highest BCUT2D eigenvalue weighted by molar-refractivity contribution is 5.53. The largest absolute Gasteiger partial charge is 0.380 e. The third-order valence-corrected chi connectivity index (χ3v) is 3.78. The van der Waals surface area contributed by atoms with E-state index in [0.29, 0.717) is 12.6 Å². The molecule has 0 fully saturated rings. The number of benzene rings is 2. The van der Waals surface area contributed by atoms with Gasteiger partial charge in [-0.05, 0) is 30.0 Å². The quantitative estimate of drug-likeness (QED) is 0.891. The highest BCUT2D eigenvalue weighted by Gasteiger charge is 2.22. The highest BCUT2D eigenvalue weighted by atomic mass is 16.5. The molecule has 1 aliphatic rings. The van der Waals surface area contributed by atoms with Crippen molar-refractivity contribution in [2.24, 2.45) is 0 Å². The van der Waals surface area contributed by atoms with Crippen LogP contribution in [0.1, 0.15) is 29.2 Å². The summed E-state index contributed by atoms with van der Waals surface area (Å²) in [6, 6.07) is 17.5. The van der Waals surface area contributed by atoms with Crippen LogP contribution < -0.4 is 5.32 Å². The predicted molar refractivity (Wildman–Crippen MR) is 78.3 cm³/mol. The van der Waals surface area contributed by atoms with Crippen molar-refractivity contribution in [1.82, 2.24) is 0 Å². The average Bonchev–Trinajstić information content (AvgIpc) is 2.85. The molecule has 19 heavy (non-hydrogen) atoms. The van der Waals surface area contributed by atoms with Crippen molar-refractivity contribution in [3.05, 3.63) is 65.2 Å². The molecular formula is C17H19NO. The fraction of sp³-hybridized carbons (Fsp3) is 0.294. The lowest BCUT2D eigenvalue weighted by atomic mass is 10.1. The second-order valence-electron chi connectivity index (χ2n) is 5.02. The lowest BCUT2D eigenvalue weighted by Gasteiger charge is -2.18. The van der Waals surface area contributed by atoms with Crippen molar-refractivity contribution in [2.45, 2.75) is 25.5 Å². The number of aryl methyl sites for hydroxylation is 1. The first kappa shape index (κ1) is 12.2. The maximum absolute atomic E-state index is 5.26. The Balaban J connectivity index is 1.83. The molecule has 0 saturated heterocycles. The summed E-state index contributed by atoms with van der Waals surface area (Å²) in [4.78, 5) is 0. The van der Waals surface area contributed by atoms with Gasteiger partial charge < -0.3 is 10.1 Å². The van der Waals surface area contributed by atoms with Gasteiger partial charge in [0.1, 0.15) is 0 Å². The number of para-hydroxylation sites is 1. The molecule has 0 bridgehead atoms. The first-order valence-electron chi connectivity index (χ1n) is 6.79. The number of hydrogen-bond acceptors (Lipinski definition) is 2. The van der Waals surface area contributed by atoms with Gasteiger partial charge in [0.15, 0.2) is 0 Å². The van der Waals surface area contributed by atoms with Gasteiger partial charge in [0.05, 0.1) is 12.6 Å². The van der Waals surface area contributed by atoms with E-state index < -0.39 is 0 Å². The Morgan fingerprint density at radius 2 is 1.89 bits per heavy atom. The van der Waals surface area contributed by atoms with Crippen LogP contribution in [-0.2, 0) is 17.8 Å². The topological polar surface area (TPSA) is 21.3 Å². The van der Waals surface area contributed by atoms with E-state index in [-0.39, 0.29) is 0 Å². The van der Waals surface area contributed by atoms with Crippen LogP contribution in [0.3, 0.4) is 0 Å². The van der Waals surface area contributed by atoms with Crippen LogP contribution in [-0.4, -0.2) is 7.11 Å². The van der Waals surface area contributed by atoms with Gasteiger partial charge in [-0.2, -0.15) is 0 Å². The molecule has 2 heteroatoms. The van der Waals surface area contributed by atoms with E-state index in [0.717, 1.165) is 0 Å². The van der Waals surface area contributed by atoms with E-state index in [1.54, 1.807) is 7.11 Å². The van der Waals surface area contributed by atoms with Crippen LogP contribution in [0.5, 0.6) is 0 Å². The summed E-state index contributed by atoms with van der Waals surface area (Å²) in [5, 5.41) is 3.67. The molecule has 0 aromatic heterocycles. The zero-order valence-corrected chi connectivity index (χ0v) is 11.2. The Kier molecular flexibility index (Phi) is 3.51. The molecular weight excluding hydrogens is 234 g/mol. The summed E-state index contributed by atoms with van der Waals surface area (Å²) in [5.74, 6) is 0. The third-order valence-electron chi connectivity index (χ3n) is 3.78. The minimum atomic E-state index is 0.425. The fourth-order valence-electron chi connectivity index (χ4n) is 2.84. The van der Waals surface area contributed by atoms with Gasteiger partial charge in [-0.15, -0.1) is 0 Å². The van der Waals surface area contributed by atoms with Crippen LogP contribution in [0.2, 0.25) is 0 Å². The van der Waals surface area contributed by atoms with E-state index in [1.165, 1.54) is 35.2 Å². The van der Waals surface area contributed by atoms with E-state index in [2.05, 4.69) is 53.8 Å². The van der Waals surface area contributed by atoms with Crippen molar-refractivity contribution >= 4 is 5.69 Å². The van der Waals surface area contributed by atoms with Crippen LogP contribution in [0, 0.1) is 0 Å². The summed E-state index contributed by atoms with van der Waals surface area (Å²) in [6.07, 6.45) is 2.33. The molecule has 1 aliphatic carbocycles. The van der Waals surface area contributed by atoms with Crippen molar-refractivity contribution < 1.29 is 4.74 Å². The number of methoxy groups -OCH3 is 1. The van der Waals surface area contributed by atoms with E-state index >= 15 is 0 Å². The number of rotatable bonds is 4. The van der Waals surface area contributed by atoms with Crippen LogP contribution in [0.15, 0.2) is 48.5 Å². The SMILES string of the molecule is COCc1ccccc1NC1CCc2ccccc21. The maximum Gasteiger partial charge on any atom is 0.0733 e. The van der Waals surface area contributed by atoms with Gasteiger partial charge in [0, 0.05) is 18.4 Å². The molecule has 1 atom stereocenters. The van der Waals surface area contributed by atoms with Crippen molar-refractivity contribution in [3.63, 3.8) is 0 Å². The van der Waals surface area contributed by atoms with Crippen molar-refractivity contribution in [3.8, 4) is 0 Å². The van der Waals surface area contributed by atoms with Crippen molar-refractivity contribution in [1.29, 1.82) is 0 Å². The van der Waals surface area contributed by atoms with E-state index in [9.17, 15) is 0 Å². The third kappa shape index (κ3) is 2.49. The number of fused-ring (bicyclic) bond motifs is 1. The lowest BCUT2D eigenvalue weighted by Crippen LogP contribution is -2.09. The van der Waals surface area contributed by atoms with Gasteiger partial charge >= 0.3 is 0 Å². The van der Waals surface area contributed by atoms with Gasteiger partial charge in [-0.1, -0.05) is 42.5 Å². The summed E-state index contributed by atoms with van der Waals surface area (Å²) in [6.45, 7) is 0.650. The second-order valence-corrected chi connectivity index (χ2v) is 5.02. The normalized spacial score (nSPS) is 17.2. The standard InChI is InChI=1S/C17H19NO/c1-19-12-14-7-3-5-9-16(14)18-17-11-10-13-6-2-4-8-15(13)17/h2-9,17-18H,10-12H2,1H3. The summed E-state index contributed by atoms with van der Waals surface area (Å²) in [5.41, 5.74) is 5.32. The smallest absolute Gasteiger partial charge is 0.0733 e. The van der Waals surface area contributed by atoms with Crippen molar-refractivity contribution in [2.75, 3.05) is 12.4 Å². The fourth-order valence-corrected chi connectivity index (χ4v) is 2.84. The molecule has 98 valence electrons. The molecule has 3 rings (SSSR count). The molecule has 2 nitrogen and oxygen atoms in total. The number of nitrogens with one attached hydrogen (secondary N) is 1. The number of ether oxygens (including phenoxy) is 1. The van der Waals surface area contributed by atoms with Gasteiger partial charge in [-0.25, -0.2) is 0 Å². The molecule has 0 aliphatic heterocycles. The zero-order chi connectivity index (χ0) is 13.1. The molecule has 1 N–H and O–H groups in total. The molecule has 1 unspecified atom stereocenters. The van der Waals surface area contributed by atoms with E-state index in [1.807, 2.05) is 0 Å². The summed E-state index contributed by atoms with van der Waals surface area (Å²) < 4.78 is 5.26. The van der Waals surface area contributed by atoms with Crippen LogP contribution in [0.25, 0.3) is 0 Å². The molecule has 0 heterocycles. The Bertz CT molecular complexity index is 565. The molecule has 0 radical (unpaired) electrons. The Labute approximate surface area is 114 Å². The first-order chi connectivity index (χ1) is 9.38. The predicted octanol–water partition coefficient (Wildman–Crippen LogP) is 3.93. The molecule has 2 aromatic carbocycles. The van der Waals surface area contributed by atoms with Crippen LogP contribution in [0.4, 0.5) is 5.69 Å². The average molecular weight is 253 g/mol. The Morgan fingerprint density at radius 1 is 1.11 bits per heavy atom. The minimum Gasteiger partial charge on any atom is -0.380 e. The molecule has 0 spiro atoms. The van der Waals surface area contributed by atoms with E-state index in [4.69, 9.17) is 4.74 Å². The maximum atomic E-state index is 5.26. The van der Waals surface area contributed by atoms with Gasteiger partial charge in [0.25, 0.3) is 0 Å². The lowest BCUT2D eigenvalue weighted by molar-refractivity contribution is 0.185. The van der Waals surface area contributed by atoms with Gasteiger partial charge in [-0.3, -0.25) is 0 Å². The summed E-state index contributed by atoms with van der Waals surface area (Å²) >= 11 is 0. The molecule has 2 aromatic rings. The number of hydrogen-bond donors (Lipinski definition) is 1. The molecule has 0 saturated carbocycles. The first-order valence-corrected chi connectivity index (χ1v) is 6.79. The second kappa shape index (κ2) is 5.45. The summed E-state index contributed by atoms with van der Waals surface area (Å²) in [7, 11) is 1.74. The Hall–Kier alpha value is -1.80. The van der Waals surface area contributed by atoms with Crippen LogP contribution >= 0.6 is 0 Å². The van der Waals surface area contributed by atoms with Gasteiger partial charge in [0.2, 0.25) is 0 Å². The molecule has 0 amide bonds. The Morgan fingerprint density at radius 3 is 2.79 bits per heavy atom. The zero-order valence-electron chi connectivity index (χ0n) is 11.2. The minimum absolute atomic E-state index is 0.425. The highest BCUT2D eigenvalue weighted by Crippen LogP contribution is 2.34. The number of anilines is 1. The monoisotopic (exact) mass is 253 g/mol.